The summed E-state index contributed by atoms with van der Waals surface area (Å²) >= 11 is 0. The highest BCUT2D eigenvalue weighted by Crippen LogP contribution is 2.26. The van der Waals surface area contributed by atoms with Crippen molar-refractivity contribution in [2.24, 2.45) is 5.92 Å². The Kier molecular flexibility index (Phi) is 4.48. The molecule has 9 nitrogen and oxygen atoms in total. The van der Waals surface area contributed by atoms with Crippen molar-refractivity contribution in [3.05, 3.63) is 29.8 Å². The van der Waals surface area contributed by atoms with Crippen LogP contribution < -0.4 is 0 Å². The highest BCUT2D eigenvalue weighted by molar-refractivity contribution is 7.89. The van der Waals surface area contributed by atoms with E-state index < -0.39 is 28.0 Å². The van der Waals surface area contributed by atoms with Gasteiger partial charge in [0.25, 0.3) is 5.91 Å². The van der Waals surface area contributed by atoms with Crippen LogP contribution in [0.2, 0.25) is 0 Å². The number of esters is 1. The van der Waals surface area contributed by atoms with E-state index in [-0.39, 0.29) is 42.6 Å². The van der Waals surface area contributed by atoms with Gasteiger partial charge in [-0.1, -0.05) is 0 Å². The number of amides is 2. The number of rotatable bonds is 5. The van der Waals surface area contributed by atoms with E-state index in [1.54, 1.807) is 0 Å². The largest absolute Gasteiger partial charge is 0.465 e. The quantitative estimate of drug-likeness (QED) is 0.677. The Labute approximate surface area is 144 Å². The second-order valence-electron chi connectivity index (χ2n) is 5.76. The molecule has 1 aromatic carbocycles. The normalized spacial score (nSPS) is 18.8. The number of benzene rings is 1. The van der Waals surface area contributed by atoms with Crippen LogP contribution in [-0.4, -0.2) is 68.9 Å². The standard InChI is InChI=1S/C15H16N2O7S/c1-23-14(19)11-2-4-12(5-3-11)25(21,22)16-6-10(7-16)8-17-13(18)9-24-15(17)20/h2-5,10H,6-9H2,1H3. The number of hydrogen-bond donors (Lipinski definition) is 0. The first-order valence-electron chi connectivity index (χ1n) is 7.48. The van der Waals surface area contributed by atoms with Crippen LogP contribution in [0.5, 0.6) is 0 Å². The smallest absolute Gasteiger partial charge is 0.417 e. The second kappa shape index (κ2) is 6.45. The van der Waals surface area contributed by atoms with Gasteiger partial charge in [-0.2, -0.15) is 4.31 Å². The van der Waals surface area contributed by atoms with Crippen molar-refractivity contribution in [1.29, 1.82) is 0 Å². The maximum Gasteiger partial charge on any atom is 0.417 e. The Hall–Kier alpha value is -2.46. The number of carbonyl (C=O) groups is 3. The van der Waals surface area contributed by atoms with Crippen molar-refractivity contribution >= 4 is 28.0 Å². The van der Waals surface area contributed by atoms with Gasteiger partial charge in [-0.15, -0.1) is 0 Å². The van der Waals surface area contributed by atoms with E-state index in [1.165, 1.54) is 35.7 Å². The van der Waals surface area contributed by atoms with E-state index in [9.17, 15) is 22.8 Å². The minimum absolute atomic E-state index is 0.0651. The number of nitrogens with zero attached hydrogens (tertiary/aromatic N) is 2. The highest BCUT2D eigenvalue weighted by atomic mass is 32.2. The fourth-order valence-electron chi connectivity index (χ4n) is 2.68. The van der Waals surface area contributed by atoms with Crippen molar-refractivity contribution in [3.63, 3.8) is 0 Å². The summed E-state index contributed by atoms with van der Waals surface area (Å²) < 4.78 is 35.5. The van der Waals surface area contributed by atoms with E-state index in [1.807, 2.05) is 0 Å². The number of methoxy groups -OCH3 is 1. The van der Waals surface area contributed by atoms with Gasteiger partial charge in [0, 0.05) is 25.6 Å². The minimum atomic E-state index is -3.68. The fourth-order valence-corrected chi connectivity index (χ4v) is 4.27. The first-order chi connectivity index (χ1) is 11.8. The van der Waals surface area contributed by atoms with Gasteiger partial charge in [-0.25, -0.2) is 22.9 Å². The average Bonchev–Trinajstić information content (AvgIpc) is 2.88. The molecule has 2 aliphatic rings. The Bertz CT molecular complexity index is 797. The first-order valence-corrected chi connectivity index (χ1v) is 8.92. The molecular formula is C15H16N2O7S. The molecule has 0 unspecified atom stereocenters. The summed E-state index contributed by atoms with van der Waals surface area (Å²) in [5.74, 6) is -1.08. The predicted molar refractivity (Wildman–Crippen MR) is 83.1 cm³/mol. The molecule has 2 saturated heterocycles. The molecule has 0 radical (unpaired) electrons. The molecule has 2 fully saturated rings. The van der Waals surface area contributed by atoms with Gasteiger partial charge < -0.3 is 9.47 Å². The van der Waals surface area contributed by atoms with Gasteiger partial charge in [0.15, 0.2) is 6.61 Å². The third-order valence-electron chi connectivity index (χ3n) is 4.12. The van der Waals surface area contributed by atoms with Crippen LogP contribution in [0.3, 0.4) is 0 Å². The summed E-state index contributed by atoms with van der Waals surface area (Å²) in [6.45, 7) is 0.293. The van der Waals surface area contributed by atoms with Gasteiger partial charge in [-0.05, 0) is 24.3 Å². The highest BCUT2D eigenvalue weighted by Gasteiger charge is 2.41. The molecule has 2 aliphatic heterocycles. The molecule has 1 aromatic rings. The molecule has 25 heavy (non-hydrogen) atoms. The molecule has 0 saturated carbocycles. The number of cyclic esters (lactones) is 1. The Morgan fingerprint density at radius 1 is 1.24 bits per heavy atom. The lowest BCUT2D eigenvalue weighted by Gasteiger charge is -2.39. The van der Waals surface area contributed by atoms with Crippen molar-refractivity contribution < 1.29 is 32.3 Å². The van der Waals surface area contributed by atoms with E-state index in [2.05, 4.69) is 9.47 Å². The summed E-state index contributed by atoms with van der Waals surface area (Å²) in [4.78, 5) is 35.3. The van der Waals surface area contributed by atoms with Gasteiger partial charge in [-0.3, -0.25) is 4.79 Å². The summed E-state index contributed by atoms with van der Waals surface area (Å²) in [5, 5.41) is 0. The van der Waals surface area contributed by atoms with E-state index in [4.69, 9.17) is 0 Å². The van der Waals surface area contributed by atoms with Crippen LogP contribution in [0.4, 0.5) is 4.79 Å². The van der Waals surface area contributed by atoms with E-state index in [0.29, 0.717) is 0 Å². The maximum atomic E-state index is 12.5. The van der Waals surface area contributed by atoms with Crippen molar-refractivity contribution in [3.8, 4) is 0 Å². The number of ether oxygens (including phenoxy) is 2. The van der Waals surface area contributed by atoms with Crippen LogP contribution in [-0.2, 0) is 24.3 Å². The van der Waals surface area contributed by atoms with Crippen LogP contribution in [0.15, 0.2) is 29.2 Å². The zero-order chi connectivity index (χ0) is 18.2. The lowest BCUT2D eigenvalue weighted by atomic mass is 10.0. The first kappa shape index (κ1) is 17.4. The fraction of sp³-hybridized carbons (Fsp3) is 0.400. The monoisotopic (exact) mass is 368 g/mol. The van der Waals surface area contributed by atoms with Gasteiger partial charge >= 0.3 is 12.1 Å². The van der Waals surface area contributed by atoms with Gasteiger partial charge in [0.05, 0.1) is 17.6 Å². The zero-order valence-corrected chi connectivity index (χ0v) is 14.2. The van der Waals surface area contributed by atoms with Gasteiger partial charge in [0.1, 0.15) is 0 Å². The summed E-state index contributed by atoms with van der Waals surface area (Å²) in [6.07, 6.45) is -0.690. The third-order valence-corrected chi connectivity index (χ3v) is 5.96. The van der Waals surface area contributed by atoms with E-state index in [0.717, 1.165) is 4.90 Å². The molecule has 0 atom stereocenters. The average molecular weight is 368 g/mol. The molecule has 2 amide bonds. The SMILES string of the molecule is COC(=O)c1ccc(S(=O)(=O)N2CC(CN3C(=O)COC3=O)C2)cc1. The van der Waals surface area contributed by atoms with Gasteiger partial charge in [0.2, 0.25) is 10.0 Å². The van der Waals surface area contributed by atoms with E-state index >= 15 is 0 Å². The maximum absolute atomic E-state index is 12.5. The lowest BCUT2D eigenvalue weighted by Crippen LogP contribution is -2.54. The van der Waals surface area contributed by atoms with Crippen LogP contribution in [0, 0.1) is 5.92 Å². The molecule has 10 heteroatoms. The predicted octanol–water partition coefficient (Wildman–Crippen LogP) is 0.0725. The summed E-state index contributed by atoms with van der Waals surface area (Å²) in [5.41, 5.74) is 0.258. The molecule has 134 valence electrons. The molecule has 0 N–H and O–H groups in total. The third kappa shape index (κ3) is 3.22. The number of sulfonamides is 1. The van der Waals surface area contributed by atoms with Crippen LogP contribution in [0.1, 0.15) is 10.4 Å². The van der Waals surface area contributed by atoms with Crippen molar-refractivity contribution in [2.45, 2.75) is 4.90 Å². The number of carbonyl (C=O) groups excluding carboxylic acids is 3. The Morgan fingerprint density at radius 3 is 2.40 bits per heavy atom. The molecule has 0 spiro atoms. The number of imide groups is 1. The molecule has 0 aromatic heterocycles. The summed E-state index contributed by atoms with van der Waals surface area (Å²) in [6, 6.07) is 5.45. The number of hydrogen-bond acceptors (Lipinski definition) is 7. The molecule has 0 aliphatic carbocycles. The lowest BCUT2D eigenvalue weighted by molar-refractivity contribution is -0.126. The van der Waals surface area contributed by atoms with Crippen molar-refractivity contribution in [1.82, 2.24) is 9.21 Å². The Morgan fingerprint density at radius 2 is 1.88 bits per heavy atom. The van der Waals surface area contributed by atoms with Crippen LogP contribution in [0.25, 0.3) is 0 Å². The molecular weight excluding hydrogens is 352 g/mol. The second-order valence-corrected chi connectivity index (χ2v) is 7.70. The Balaban J connectivity index is 1.62. The minimum Gasteiger partial charge on any atom is -0.465 e. The summed E-state index contributed by atoms with van der Waals surface area (Å²) in [7, 11) is -2.44. The molecule has 3 rings (SSSR count). The molecule has 2 heterocycles. The topological polar surface area (TPSA) is 110 Å². The van der Waals surface area contributed by atoms with Crippen LogP contribution >= 0.6 is 0 Å². The zero-order valence-electron chi connectivity index (χ0n) is 13.4. The van der Waals surface area contributed by atoms with Crippen molar-refractivity contribution in [2.75, 3.05) is 33.4 Å². The molecule has 0 bridgehead atoms.